The Hall–Kier alpha value is -0.0551. The van der Waals surface area contributed by atoms with Crippen LogP contribution >= 0.6 is 0 Å². The van der Waals surface area contributed by atoms with Crippen LogP contribution in [-0.2, 0) is 4.65 Å². The van der Waals surface area contributed by atoms with Crippen LogP contribution in [0.25, 0.3) is 0 Å². The molecule has 0 aromatic rings. The van der Waals surface area contributed by atoms with E-state index in [1.54, 1.807) is 7.11 Å². The Bertz CT molecular complexity index is 158. The lowest BCUT2D eigenvalue weighted by Crippen LogP contribution is -2.34. The van der Waals surface area contributed by atoms with Gasteiger partial charge in [-0.15, -0.1) is 0 Å². The zero-order valence-corrected chi connectivity index (χ0v) is 10.0. The minimum atomic E-state index is 0.436. The van der Waals surface area contributed by atoms with Crippen molar-refractivity contribution < 1.29 is 4.65 Å². The van der Waals surface area contributed by atoms with Crippen molar-refractivity contribution in [2.45, 2.75) is 63.5 Å². The minimum absolute atomic E-state index is 0.436. The summed E-state index contributed by atoms with van der Waals surface area (Å²) in [7, 11) is 2.42. The van der Waals surface area contributed by atoms with Crippen molar-refractivity contribution in [1.29, 1.82) is 0 Å². The van der Waals surface area contributed by atoms with E-state index in [0.717, 1.165) is 0 Å². The second-order valence-electron chi connectivity index (χ2n) is 4.66. The molecule has 1 rings (SSSR count). The monoisotopic (exact) mass is 212 g/mol. The maximum Gasteiger partial charge on any atom is 0.360 e. The summed E-state index contributed by atoms with van der Waals surface area (Å²) >= 11 is 0. The zero-order valence-electron chi connectivity index (χ0n) is 10.0. The Morgan fingerprint density at radius 1 is 1.07 bits per heavy atom. The van der Waals surface area contributed by atoms with Crippen LogP contribution in [0.2, 0.25) is 0 Å². The van der Waals surface area contributed by atoms with Crippen LogP contribution in [0.5, 0.6) is 0 Å². The van der Waals surface area contributed by atoms with Crippen molar-refractivity contribution in [3.05, 3.63) is 0 Å². The Morgan fingerprint density at radius 2 is 1.73 bits per heavy atom. The summed E-state index contributed by atoms with van der Waals surface area (Å²) in [5.41, 5.74) is 6.03. The van der Waals surface area contributed by atoms with Crippen LogP contribution in [0.1, 0.15) is 51.4 Å². The topological polar surface area (TPSA) is 47.3 Å². The van der Waals surface area contributed by atoms with E-state index in [0.29, 0.717) is 19.7 Å². The van der Waals surface area contributed by atoms with Gasteiger partial charge in [-0.3, -0.25) is 0 Å². The first-order chi connectivity index (χ1) is 7.33. The lowest BCUT2D eigenvalue weighted by atomic mass is 9.94. The number of hydrogen-bond acceptors (Lipinski definition) is 3. The predicted octanol–water partition coefficient (Wildman–Crippen LogP) is 1.32. The van der Waals surface area contributed by atoms with Crippen LogP contribution in [0.3, 0.4) is 0 Å². The van der Waals surface area contributed by atoms with Gasteiger partial charge in [0.2, 0.25) is 0 Å². The van der Waals surface area contributed by atoms with E-state index in [4.69, 9.17) is 10.4 Å². The van der Waals surface area contributed by atoms with E-state index in [1.165, 1.54) is 51.4 Å². The van der Waals surface area contributed by atoms with Crippen molar-refractivity contribution in [3.8, 4) is 0 Å². The lowest BCUT2D eigenvalue weighted by Gasteiger charge is -2.21. The van der Waals surface area contributed by atoms with Crippen LogP contribution in [0.4, 0.5) is 0 Å². The second-order valence-corrected chi connectivity index (χ2v) is 4.66. The Morgan fingerprint density at radius 3 is 2.53 bits per heavy atom. The van der Waals surface area contributed by atoms with Crippen LogP contribution < -0.4 is 11.0 Å². The van der Waals surface area contributed by atoms with Gasteiger partial charge in [-0.25, -0.2) is 0 Å². The summed E-state index contributed by atoms with van der Waals surface area (Å²) in [5, 5.41) is 3.44. The first kappa shape index (κ1) is 13.0. The van der Waals surface area contributed by atoms with Gasteiger partial charge in [-0.2, -0.15) is 0 Å². The van der Waals surface area contributed by atoms with E-state index in [-0.39, 0.29) is 0 Å². The molecule has 2 unspecified atom stereocenters. The maximum absolute atomic E-state index is 6.03. The molecule has 0 saturated heterocycles. The first-order valence-electron chi connectivity index (χ1n) is 6.31. The standard InChI is InChI=1S/C11H25BN2O/c1-15-12-14-11-8-4-2-3-6-10(13)7-5-9-11/h10-12,14H,2-9,13H2,1H3. The van der Waals surface area contributed by atoms with Gasteiger partial charge >= 0.3 is 7.62 Å². The second kappa shape index (κ2) is 8.14. The van der Waals surface area contributed by atoms with Crippen LogP contribution in [-0.4, -0.2) is 26.8 Å². The van der Waals surface area contributed by atoms with Gasteiger partial charge in [0.1, 0.15) is 0 Å². The molecule has 0 heterocycles. The largest absolute Gasteiger partial charge is 0.427 e. The fourth-order valence-electron chi connectivity index (χ4n) is 2.29. The molecule has 0 aliphatic heterocycles. The van der Waals surface area contributed by atoms with Crippen molar-refractivity contribution in [2.24, 2.45) is 5.73 Å². The molecular weight excluding hydrogens is 187 g/mol. The fraction of sp³-hybridized carbons (Fsp3) is 1.00. The highest BCUT2D eigenvalue weighted by Crippen LogP contribution is 2.16. The molecular formula is C11H25BN2O. The van der Waals surface area contributed by atoms with Gasteiger partial charge in [0.25, 0.3) is 0 Å². The van der Waals surface area contributed by atoms with Crippen LogP contribution in [0, 0.1) is 0 Å². The average Bonchev–Trinajstić information content (AvgIpc) is 2.24. The Balaban J connectivity index is 2.23. The maximum atomic E-state index is 6.03. The lowest BCUT2D eigenvalue weighted by molar-refractivity contribution is 0.385. The number of nitrogens with one attached hydrogen (secondary N) is 1. The van der Waals surface area contributed by atoms with Crippen molar-refractivity contribution in [3.63, 3.8) is 0 Å². The normalized spacial score (nSPS) is 29.7. The molecule has 15 heavy (non-hydrogen) atoms. The summed E-state index contributed by atoms with van der Waals surface area (Å²) in [4.78, 5) is 0. The molecule has 88 valence electrons. The molecule has 1 aliphatic carbocycles. The van der Waals surface area contributed by atoms with E-state index in [2.05, 4.69) is 5.23 Å². The molecule has 1 aliphatic rings. The Labute approximate surface area is 94.4 Å². The smallest absolute Gasteiger partial charge is 0.360 e. The fourth-order valence-corrected chi connectivity index (χ4v) is 2.29. The summed E-state index contributed by atoms with van der Waals surface area (Å²) in [6.45, 7) is 0. The predicted molar refractivity (Wildman–Crippen MR) is 66.0 cm³/mol. The molecule has 4 heteroatoms. The number of nitrogens with two attached hydrogens (primary N) is 1. The average molecular weight is 212 g/mol. The molecule has 0 spiro atoms. The van der Waals surface area contributed by atoms with Crippen molar-refractivity contribution >= 4 is 7.62 Å². The third-order valence-electron chi connectivity index (χ3n) is 3.27. The molecule has 0 radical (unpaired) electrons. The van der Waals surface area contributed by atoms with E-state index < -0.39 is 0 Å². The summed E-state index contributed by atoms with van der Waals surface area (Å²) in [5.74, 6) is 0. The van der Waals surface area contributed by atoms with E-state index in [9.17, 15) is 0 Å². The molecule has 1 fully saturated rings. The Kier molecular flexibility index (Phi) is 7.06. The number of hydrogen-bond donors (Lipinski definition) is 2. The first-order valence-corrected chi connectivity index (χ1v) is 6.31. The molecule has 0 bridgehead atoms. The quantitative estimate of drug-likeness (QED) is 0.693. The highest BCUT2D eigenvalue weighted by molar-refractivity contribution is 6.23. The van der Waals surface area contributed by atoms with Gasteiger partial charge in [-0.1, -0.05) is 25.7 Å². The summed E-state index contributed by atoms with van der Waals surface area (Å²) < 4.78 is 5.06. The van der Waals surface area contributed by atoms with Crippen LogP contribution in [0.15, 0.2) is 0 Å². The van der Waals surface area contributed by atoms with E-state index >= 15 is 0 Å². The SMILES string of the molecule is COBNC1CCCCCC(N)CCC1. The summed E-state index contributed by atoms with van der Waals surface area (Å²) in [6.07, 6.45) is 10.2. The molecule has 0 aromatic heterocycles. The van der Waals surface area contributed by atoms with Gasteiger partial charge in [0, 0.05) is 13.2 Å². The molecule has 0 aromatic carbocycles. The molecule has 2 atom stereocenters. The van der Waals surface area contributed by atoms with Gasteiger partial charge < -0.3 is 15.6 Å². The molecule has 3 nitrogen and oxygen atoms in total. The minimum Gasteiger partial charge on any atom is -0.427 e. The van der Waals surface area contributed by atoms with Gasteiger partial charge in [-0.05, 0) is 31.7 Å². The molecule has 0 amide bonds. The zero-order chi connectivity index (χ0) is 10.9. The molecule has 1 saturated carbocycles. The highest BCUT2D eigenvalue weighted by atomic mass is 16.4. The van der Waals surface area contributed by atoms with Crippen molar-refractivity contribution in [1.82, 2.24) is 5.23 Å². The van der Waals surface area contributed by atoms with Gasteiger partial charge in [0.15, 0.2) is 0 Å². The number of rotatable bonds is 3. The van der Waals surface area contributed by atoms with E-state index in [1.807, 2.05) is 0 Å². The van der Waals surface area contributed by atoms with Gasteiger partial charge in [0.05, 0.1) is 0 Å². The third kappa shape index (κ3) is 6.18. The molecule has 3 N–H and O–H groups in total. The highest BCUT2D eigenvalue weighted by Gasteiger charge is 2.11. The van der Waals surface area contributed by atoms with Crippen molar-refractivity contribution in [2.75, 3.05) is 7.11 Å². The summed E-state index contributed by atoms with van der Waals surface area (Å²) in [6, 6.07) is 1.07. The third-order valence-corrected chi connectivity index (χ3v) is 3.27.